The molecule has 0 unspecified atom stereocenters. The SMILES string of the molecule is CC1(C)C=C(NNC(=O)c2ccc(F)cc2)CC(C)(C)N1. The van der Waals surface area contributed by atoms with Crippen molar-refractivity contribution in [3.63, 3.8) is 0 Å². The molecule has 21 heavy (non-hydrogen) atoms. The second-order valence-electron chi connectivity index (χ2n) is 6.66. The Bertz CT molecular complexity index is 561. The third kappa shape index (κ3) is 4.29. The van der Waals surface area contributed by atoms with Gasteiger partial charge in [-0.1, -0.05) is 0 Å². The first-order valence-electron chi connectivity index (χ1n) is 7.00. The van der Waals surface area contributed by atoms with Crippen LogP contribution in [-0.2, 0) is 0 Å². The Labute approximate surface area is 124 Å². The van der Waals surface area contributed by atoms with Crippen LogP contribution in [0.2, 0.25) is 0 Å². The van der Waals surface area contributed by atoms with Gasteiger partial charge in [0, 0.05) is 28.8 Å². The highest BCUT2D eigenvalue weighted by atomic mass is 19.1. The van der Waals surface area contributed by atoms with Crippen LogP contribution in [0.1, 0.15) is 44.5 Å². The zero-order valence-electron chi connectivity index (χ0n) is 12.9. The number of hydrazine groups is 1. The first-order valence-corrected chi connectivity index (χ1v) is 7.00. The van der Waals surface area contributed by atoms with Crippen LogP contribution in [0.15, 0.2) is 36.0 Å². The van der Waals surface area contributed by atoms with Crippen molar-refractivity contribution in [1.29, 1.82) is 0 Å². The van der Waals surface area contributed by atoms with Crippen molar-refractivity contribution in [3.05, 3.63) is 47.4 Å². The van der Waals surface area contributed by atoms with Crippen molar-refractivity contribution >= 4 is 5.91 Å². The van der Waals surface area contributed by atoms with Crippen molar-refractivity contribution in [3.8, 4) is 0 Å². The van der Waals surface area contributed by atoms with Gasteiger partial charge in [0.15, 0.2) is 0 Å². The van der Waals surface area contributed by atoms with Gasteiger partial charge in [0.1, 0.15) is 5.82 Å². The molecule has 1 amide bonds. The highest BCUT2D eigenvalue weighted by Gasteiger charge is 2.32. The summed E-state index contributed by atoms with van der Waals surface area (Å²) in [7, 11) is 0. The molecule has 0 saturated heterocycles. The summed E-state index contributed by atoms with van der Waals surface area (Å²) in [6, 6.07) is 5.45. The van der Waals surface area contributed by atoms with E-state index in [0.29, 0.717) is 5.56 Å². The van der Waals surface area contributed by atoms with E-state index in [4.69, 9.17) is 0 Å². The third-order valence-corrected chi connectivity index (χ3v) is 3.27. The summed E-state index contributed by atoms with van der Waals surface area (Å²) in [4.78, 5) is 12.0. The molecule has 1 aromatic rings. The smallest absolute Gasteiger partial charge is 0.269 e. The highest BCUT2D eigenvalue weighted by Crippen LogP contribution is 2.25. The van der Waals surface area contributed by atoms with E-state index in [2.05, 4.69) is 49.9 Å². The normalized spacial score (nSPS) is 19.6. The minimum Gasteiger partial charge on any atom is -0.303 e. The van der Waals surface area contributed by atoms with Gasteiger partial charge in [-0.15, -0.1) is 0 Å². The molecule has 0 aliphatic carbocycles. The summed E-state index contributed by atoms with van der Waals surface area (Å²) in [5.41, 5.74) is 6.80. The molecule has 0 aromatic heterocycles. The first-order chi connectivity index (χ1) is 9.67. The molecule has 114 valence electrons. The number of carbonyl (C=O) groups is 1. The molecule has 1 heterocycles. The summed E-state index contributed by atoms with van der Waals surface area (Å²) in [5, 5.41) is 3.52. The van der Waals surface area contributed by atoms with Crippen molar-refractivity contribution in [2.24, 2.45) is 0 Å². The van der Waals surface area contributed by atoms with E-state index in [1.165, 1.54) is 24.3 Å². The van der Waals surface area contributed by atoms with E-state index in [-0.39, 0.29) is 22.8 Å². The van der Waals surface area contributed by atoms with Gasteiger partial charge in [-0.25, -0.2) is 4.39 Å². The Hall–Kier alpha value is -1.88. The molecule has 0 fully saturated rings. The summed E-state index contributed by atoms with van der Waals surface area (Å²) in [6.07, 6.45) is 2.84. The predicted molar refractivity (Wildman–Crippen MR) is 81.0 cm³/mol. The fourth-order valence-corrected chi connectivity index (χ4v) is 2.81. The van der Waals surface area contributed by atoms with Crippen molar-refractivity contribution in [2.45, 2.75) is 45.2 Å². The summed E-state index contributed by atoms with van der Waals surface area (Å²) < 4.78 is 12.8. The minimum absolute atomic E-state index is 0.0544. The van der Waals surface area contributed by atoms with Gasteiger partial charge in [-0.3, -0.25) is 10.2 Å². The first kappa shape index (κ1) is 15.5. The van der Waals surface area contributed by atoms with Crippen LogP contribution in [0.3, 0.4) is 0 Å². The average molecular weight is 291 g/mol. The van der Waals surface area contributed by atoms with Gasteiger partial charge in [-0.2, -0.15) is 0 Å². The van der Waals surface area contributed by atoms with Crippen LogP contribution < -0.4 is 16.2 Å². The molecule has 0 atom stereocenters. The second-order valence-corrected chi connectivity index (χ2v) is 6.66. The number of halogens is 1. The van der Waals surface area contributed by atoms with E-state index in [1.807, 2.05) is 0 Å². The maximum absolute atomic E-state index is 12.8. The Kier molecular flexibility index (Phi) is 4.05. The average Bonchev–Trinajstić information content (AvgIpc) is 2.33. The number of hydrogen-bond donors (Lipinski definition) is 3. The van der Waals surface area contributed by atoms with Crippen LogP contribution in [0.5, 0.6) is 0 Å². The number of benzene rings is 1. The lowest BCUT2D eigenvalue weighted by atomic mass is 9.86. The second kappa shape index (κ2) is 5.48. The third-order valence-electron chi connectivity index (χ3n) is 3.27. The van der Waals surface area contributed by atoms with Gasteiger partial charge in [-0.05, 0) is 58.0 Å². The topological polar surface area (TPSA) is 53.2 Å². The molecule has 0 spiro atoms. The van der Waals surface area contributed by atoms with Crippen molar-refractivity contribution < 1.29 is 9.18 Å². The van der Waals surface area contributed by atoms with E-state index in [0.717, 1.165) is 12.1 Å². The zero-order chi connectivity index (χ0) is 15.7. The minimum atomic E-state index is -0.357. The molecule has 2 rings (SSSR count). The molecule has 1 aromatic carbocycles. The standard InChI is InChI=1S/C16H22FN3O/c1-15(2)9-13(10-16(3,4)20-15)18-19-14(21)11-5-7-12(17)8-6-11/h5-9,18,20H,10H2,1-4H3,(H,19,21). The molecule has 3 N–H and O–H groups in total. The fourth-order valence-electron chi connectivity index (χ4n) is 2.81. The zero-order valence-corrected chi connectivity index (χ0v) is 12.9. The van der Waals surface area contributed by atoms with E-state index in [9.17, 15) is 9.18 Å². The molecule has 4 nitrogen and oxygen atoms in total. The number of carbonyl (C=O) groups excluding carboxylic acids is 1. The van der Waals surface area contributed by atoms with E-state index in [1.54, 1.807) is 0 Å². The van der Waals surface area contributed by atoms with Crippen LogP contribution in [0, 0.1) is 5.82 Å². The van der Waals surface area contributed by atoms with E-state index >= 15 is 0 Å². The summed E-state index contributed by atoms with van der Waals surface area (Å²) in [6.45, 7) is 8.39. The highest BCUT2D eigenvalue weighted by molar-refractivity contribution is 5.93. The molecule has 1 aliphatic heterocycles. The molecule has 5 heteroatoms. The van der Waals surface area contributed by atoms with E-state index < -0.39 is 0 Å². The maximum Gasteiger partial charge on any atom is 0.269 e. The maximum atomic E-state index is 12.8. The Morgan fingerprint density at radius 3 is 2.38 bits per heavy atom. The van der Waals surface area contributed by atoms with Crippen molar-refractivity contribution in [1.82, 2.24) is 16.2 Å². The Balaban J connectivity index is 2.01. The fraction of sp³-hybridized carbons (Fsp3) is 0.438. The summed E-state index contributed by atoms with van der Waals surface area (Å²) in [5.74, 6) is -0.644. The number of amides is 1. The lowest BCUT2D eigenvalue weighted by molar-refractivity contribution is 0.0935. The largest absolute Gasteiger partial charge is 0.303 e. The molecular weight excluding hydrogens is 269 g/mol. The van der Waals surface area contributed by atoms with Gasteiger partial charge >= 0.3 is 0 Å². The van der Waals surface area contributed by atoms with Gasteiger partial charge in [0.25, 0.3) is 5.91 Å². The molecule has 0 radical (unpaired) electrons. The molecule has 1 aliphatic rings. The molecule has 0 saturated carbocycles. The predicted octanol–water partition coefficient (Wildman–Crippen LogP) is 2.49. The number of hydrogen-bond acceptors (Lipinski definition) is 3. The molecule has 0 bridgehead atoms. The number of rotatable bonds is 3. The lowest BCUT2D eigenvalue weighted by Gasteiger charge is -2.41. The number of nitrogens with one attached hydrogen (secondary N) is 3. The molecular formula is C16H22FN3O. The van der Waals surface area contributed by atoms with Gasteiger partial charge in [0.2, 0.25) is 0 Å². The van der Waals surface area contributed by atoms with Crippen LogP contribution in [0.4, 0.5) is 4.39 Å². The monoisotopic (exact) mass is 291 g/mol. The quantitative estimate of drug-likeness (QED) is 0.750. The van der Waals surface area contributed by atoms with Crippen LogP contribution >= 0.6 is 0 Å². The Morgan fingerprint density at radius 1 is 1.19 bits per heavy atom. The van der Waals surface area contributed by atoms with Gasteiger partial charge < -0.3 is 10.7 Å². The van der Waals surface area contributed by atoms with Crippen LogP contribution in [-0.4, -0.2) is 17.0 Å². The lowest BCUT2D eigenvalue weighted by Crippen LogP contribution is -2.56. The van der Waals surface area contributed by atoms with Gasteiger partial charge in [0.05, 0.1) is 0 Å². The van der Waals surface area contributed by atoms with Crippen LogP contribution in [0.25, 0.3) is 0 Å². The summed E-state index contributed by atoms with van der Waals surface area (Å²) >= 11 is 0. The van der Waals surface area contributed by atoms with Crippen molar-refractivity contribution in [2.75, 3.05) is 0 Å². The Morgan fingerprint density at radius 2 is 1.81 bits per heavy atom.